The number of benzene rings is 1. The van der Waals surface area contributed by atoms with Gasteiger partial charge in [0, 0.05) is 17.6 Å². The van der Waals surface area contributed by atoms with Crippen LogP contribution in [-0.4, -0.2) is 6.04 Å². The molecule has 0 saturated heterocycles. The van der Waals surface area contributed by atoms with Crippen molar-refractivity contribution in [2.24, 2.45) is 5.92 Å². The fraction of sp³-hybridized carbons (Fsp3) is 0.647. The van der Waals surface area contributed by atoms with E-state index in [0.717, 1.165) is 0 Å². The zero-order chi connectivity index (χ0) is 14.5. The van der Waals surface area contributed by atoms with E-state index in [1.165, 1.54) is 56.7 Å². The number of halogens is 2. The monoisotopic (exact) mass is 281 g/mol. The third kappa shape index (κ3) is 4.02. The van der Waals surface area contributed by atoms with Gasteiger partial charge in [0.1, 0.15) is 11.6 Å². The van der Waals surface area contributed by atoms with Gasteiger partial charge in [-0.1, -0.05) is 25.7 Å². The van der Waals surface area contributed by atoms with Crippen LogP contribution in [0, 0.1) is 17.6 Å². The van der Waals surface area contributed by atoms with Crippen molar-refractivity contribution in [1.82, 2.24) is 5.32 Å². The van der Waals surface area contributed by atoms with Crippen molar-refractivity contribution in [3.63, 3.8) is 0 Å². The predicted molar refractivity (Wildman–Crippen MR) is 78.6 cm³/mol. The standard InChI is InChI=1S/C17H25F2N/c1-12(14-7-5-3-4-6-8-14)20-13(2)16-11-15(18)9-10-17(16)19/h9-14,20H,3-8H2,1-2H3/t12-,13?/m0/s1. The van der Waals surface area contributed by atoms with Crippen molar-refractivity contribution in [3.05, 3.63) is 35.4 Å². The molecule has 0 aliphatic heterocycles. The van der Waals surface area contributed by atoms with Crippen LogP contribution in [0.3, 0.4) is 0 Å². The first-order valence-electron chi connectivity index (χ1n) is 7.79. The van der Waals surface area contributed by atoms with Crippen molar-refractivity contribution in [2.45, 2.75) is 64.5 Å². The second kappa shape index (κ2) is 7.16. The molecule has 1 unspecified atom stereocenters. The van der Waals surface area contributed by atoms with E-state index in [9.17, 15) is 8.78 Å². The second-order valence-corrected chi connectivity index (χ2v) is 6.09. The molecule has 1 aromatic carbocycles. The Morgan fingerprint density at radius 1 is 1.05 bits per heavy atom. The predicted octanol–water partition coefficient (Wildman–Crippen LogP) is 4.97. The molecule has 1 N–H and O–H groups in total. The Bertz CT molecular complexity index is 425. The topological polar surface area (TPSA) is 12.0 Å². The van der Waals surface area contributed by atoms with Gasteiger partial charge in [-0.25, -0.2) is 8.78 Å². The van der Waals surface area contributed by atoms with Crippen molar-refractivity contribution < 1.29 is 8.78 Å². The van der Waals surface area contributed by atoms with Crippen LogP contribution in [0.15, 0.2) is 18.2 Å². The van der Waals surface area contributed by atoms with Crippen molar-refractivity contribution in [2.75, 3.05) is 0 Å². The van der Waals surface area contributed by atoms with Crippen LogP contribution in [0.1, 0.15) is 64.0 Å². The highest BCUT2D eigenvalue weighted by Crippen LogP contribution is 2.27. The summed E-state index contributed by atoms with van der Waals surface area (Å²) < 4.78 is 27.0. The summed E-state index contributed by atoms with van der Waals surface area (Å²) in [6.45, 7) is 4.08. The van der Waals surface area contributed by atoms with E-state index < -0.39 is 0 Å². The average Bonchev–Trinajstić information content (AvgIpc) is 2.70. The largest absolute Gasteiger partial charge is 0.307 e. The van der Waals surface area contributed by atoms with Crippen LogP contribution >= 0.6 is 0 Å². The maximum Gasteiger partial charge on any atom is 0.128 e. The zero-order valence-corrected chi connectivity index (χ0v) is 12.5. The Labute approximate surface area is 120 Å². The smallest absolute Gasteiger partial charge is 0.128 e. The van der Waals surface area contributed by atoms with E-state index >= 15 is 0 Å². The number of rotatable bonds is 4. The Kier molecular flexibility index (Phi) is 5.53. The molecule has 0 heterocycles. The van der Waals surface area contributed by atoms with E-state index in [1.807, 2.05) is 6.92 Å². The molecule has 20 heavy (non-hydrogen) atoms. The van der Waals surface area contributed by atoms with Gasteiger partial charge in [-0.05, 0) is 50.8 Å². The minimum absolute atomic E-state index is 0.163. The lowest BCUT2D eigenvalue weighted by molar-refractivity contribution is 0.313. The van der Waals surface area contributed by atoms with E-state index in [-0.39, 0.29) is 17.7 Å². The van der Waals surface area contributed by atoms with E-state index in [0.29, 0.717) is 17.5 Å². The van der Waals surface area contributed by atoms with Crippen molar-refractivity contribution >= 4 is 0 Å². The van der Waals surface area contributed by atoms with Gasteiger partial charge in [0.25, 0.3) is 0 Å². The minimum Gasteiger partial charge on any atom is -0.307 e. The Hall–Kier alpha value is -0.960. The molecule has 0 aromatic heterocycles. The summed E-state index contributed by atoms with van der Waals surface area (Å²) in [6.07, 6.45) is 7.73. The van der Waals surface area contributed by atoms with E-state index in [1.54, 1.807) is 0 Å². The molecule has 0 bridgehead atoms. The van der Waals surface area contributed by atoms with E-state index in [2.05, 4.69) is 12.2 Å². The van der Waals surface area contributed by atoms with Crippen LogP contribution in [0.5, 0.6) is 0 Å². The van der Waals surface area contributed by atoms with Gasteiger partial charge in [-0.15, -0.1) is 0 Å². The van der Waals surface area contributed by atoms with Gasteiger partial charge < -0.3 is 5.32 Å². The highest BCUT2D eigenvalue weighted by molar-refractivity contribution is 5.21. The molecule has 1 aliphatic rings. The molecule has 3 heteroatoms. The maximum absolute atomic E-state index is 13.8. The van der Waals surface area contributed by atoms with Gasteiger partial charge in [0.15, 0.2) is 0 Å². The summed E-state index contributed by atoms with van der Waals surface area (Å²) >= 11 is 0. The molecule has 1 fully saturated rings. The lowest BCUT2D eigenvalue weighted by Crippen LogP contribution is -2.35. The van der Waals surface area contributed by atoms with Crippen molar-refractivity contribution in [1.29, 1.82) is 0 Å². The molecule has 112 valence electrons. The van der Waals surface area contributed by atoms with Crippen LogP contribution in [-0.2, 0) is 0 Å². The molecular formula is C17H25F2N. The van der Waals surface area contributed by atoms with Crippen LogP contribution < -0.4 is 5.32 Å². The highest BCUT2D eigenvalue weighted by Gasteiger charge is 2.21. The molecular weight excluding hydrogens is 256 g/mol. The lowest BCUT2D eigenvalue weighted by Gasteiger charge is -2.27. The normalized spacial score (nSPS) is 20.4. The summed E-state index contributed by atoms with van der Waals surface area (Å²) in [6, 6.07) is 3.85. The van der Waals surface area contributed by atoms with Gasteiger partial charge >= 0.3 is 0 Å². The third-order valence-electron chi connectivity index (χ3n) is 4.54. The third-order valence-corrected chi connectivity index (χ3v) is 4.54. The fourth-order valence-corrected chi connectivity index (χ4v) is 3.28. The Morgan fingerprint density at radius 2 is 1.70 bits per heavy atom. The second-order valence-electron chi connectivity index (χ2n) is 6.09. The molecule has 1 nitrogen and oxygen atoms in total. The summed E-state index contributed by atoms with van der Waals surface area (Å²) in [5, 5.41) is 3.46. The molecule has 0 amide bonds. The zero-order valence-electron chi connectivity index (χ0n) is 12.5. The maximum atomic E-state index is 13.8. The quantitative estimate of drug-likeness (QED) is 0.768. The SMILES string of the molecule is CC(N[C@@H](C)C1CCCCCC1)c1cc(F)ccc1F. The minimum atomic E-state index is -0.378. The molecule has 0 radical (unpaired) electrons. The molecule has 2 rings (SSSR count). The molecule has 1 aliphatic carbocycles. The van der Waals surface area contributed by atoms with Gasteiger partial charge in [0.2, 0.25) is 0 Å². The number of nitrogens with one attached hydrogen (secondary N) is 1. The van der Waals surface area contributed by atoms with Crippen LogP contribution in [0.25, 0.3) is 0 Å². The average molecular weight is 281 g/mol. The van der Waals surface area contributed by atoms with Gasteiger partial charge in [0.05, 0.1) is 0 Å². The molecule has 2 atom stereocenters. The fourth-order valence-electron chi connectivity index (χ4n) is 3.28. The first-order chi connectivity index (χ1) is 9.58. The van der Waals surface area contributed by atoms with Crippen molar-refractivity contribution in [3.8, 4) is 0 Å². The number of hydrogen-bond acceptors (Lipinski definition) is 1. The van der Waals surface area contributed by atoms with Crippen LogP contribution in [0.4, 0.5) is 8.78 Å². The first-order valence-corrected chi connectivity index (χ1v) is 7.79. The summed E-state index contributed by atoms with van der Waals surface area (Å²) in [5.41, 5.74) is 0.422. The van der Waals surface area contributed by atoms with Gasteiger partial charge in [-0.2, -0.15) is 0 Å². The first kappa shape index (κ1) is 15.4. The lowest BCUT2D eigenvalue weighted by atomic mass is 9.92. The summed E-state index contributed by atoms with van der Waals surface area (Å²) in [4.78, 5) is 0. The Balaban J connectivity index is 1.99. The highest BCUT2D eigenvalue weighted by atomic mass is 19.1. The molecule has 1 aromatic rings. The summed E-state index contributed by atoms with van der Waals surface area (Å²) in [5.74, 6) is -0.0618. The Morgan fingerprint density at radius 3 is 2.35 bits per heavy atom. The number of hydrogen-bond donors (Lipinski definition) is 1. The van der Waals surface area contributed by atoms with E-state index in [4.69, 9.17) is 0 Å². The van der Waals surface area contributed by atoms with Gasteiger partial charge in [-0.3, -0.25) is 0 Å². The summed E-state index contributed by atoms with van der Waals surface area (Å²) in [7, 11) is 0. The van der Waals surface area contributed by atoms with Crippen LogP contribution in [0.2, 0.25) is 0 Å². The molecule has 1 saturated carbocycles. The molecule has 0 spiro atoms.